The molecule has 7 heteroatoms. The van der Waals surface area contributed by atoms with E-state index in [0.717, 1.165) is 23.6 Å². The summed E-state index contributed by atoms with van der Waals surface area (Å²) in [6.45, 7) is 19.7. The van der Waals surface area contributed by atoms with Crippen LogP contribution in [0.4, 0.5) is 0 Å². The fourth-order valence-corrected chi connectivity index (χ4v) is 2.88. The number of nitrogens with zero attached hydrogens (tertiary/aromatic N) is 1. The van der Waals surface area contributed by atoms with Crippen LogP contribution in [0.25, 0.3) is 0 Å². The molecule has 0 spiro atoms. The summed E-state index contributed by atoms with van der Waals surface area (Å²) in [7, 11) is 2.34. The van der Waals surface area contributed by atoms with Crippen LogP contribution in [-0.4, -0.2) is 109 Å². The summed E-state index contributed by atoms with van der Waals surface area (Å²) in [6.07, 6.45) is 2.67. The number of aliphatic hydroxyl groups excluding tert-OH is 1. The van der Waals surface area contributed by atoms with E-state index in [1.165, 1.54) is 25.9 Å². The second-order valence-electron chi connectivity index (χ2n) is 7.26. The molecule has 0 atom stereocenters. The van der Waals surface area contributed by atoms with Crippen LogP contribution in [-0.2, 0) is 23.7 Å². The van der Waals surface area contributed by atoms with Crippen molar-refractivity contribution in [1.29, 1.82) is 0 Å². The largest absolute Gasteiger partial charge is 0.394 e. The van der Waals surface area contributed by atoms with Gasteiger partial charge in [0.2, 0.25) is 0 Å². The van der Waals surface area contributed by atoms with E-state index in [-0.39, 0.29) is 6.61 Å². The lowest BCUT2D eigenvalue weighted by atomic mass is 9.97. The summed E-state index contributed by atoms with van der Waals surface area (Å²) >= 11 is 0. The van der Waals surface area contributed by atoms with Crippen molar-refractivity contribution in [3.8, 4) is 0 Å². The molecule has 1 aliphatic rings. The molecule has 1 aliphatic heterocycles. The van der Waals surface area contributed by atoms with Crippen molar-refractivity contribution in [1.82, 2.24) is 0 Å². The average Bonchev–Trinajstić information content (AvgIpc) is 2.78. The standard InChI is InChI=1S/C19H40NO6.2C2H6/c1-19-3-5-20(2,6-4-19)7-9-22-11-13-24-15-17-26-18-16-25-14-12-23-10-8-21;2*1-2/h19,21H,3-18H2,1-2H3;2*1-2H3/q+1;;. The van der Waals surface area contributed by atoms with E-state index in [1.807, 2.05) is 27.7 Å². The lowest BCUT2D eigenvalue weighted by molar-refractivity contribution is -0.915. The van der Waals surface area contributed by atoms with Gasteiger partial charge in [-0.1, -0.05) is 34.6 Å². The Kier molecular flexibility index (Phi) is 26.6. The molecule has 0 unspecified atom stereocenters. The minimum absolute atomic E-state index is 0.0477. The molecule has 7 nitrogen and oxygen atoms in total. The van der Waals surface area contributed by atoms with Gasteiger partial charge in [-0.2, -0.15) is 0 Å². The Bertz CT molecular complexity index is 312. The van der Waals surface area contributed by atoms with E-state index in [2.05, 4.69) is 14.0 Å². The third kappa shape index (κ3) is 21.0. The SMILES string of the molecule is CC.CC.CC1CC[N+](C)(CCOCCOCCOCCOCCOCCO)CC1. The van der Waals surface area contributed by atoms with E-state index in [9.17, 15) is 0 Å². The molecular weight excluding hydrogens is 386 g/mol. The molecule has 0 amide bonds. The Balaban J connectivity index is 0. The van der Waals surface area contributed by atoms with Crippen molar-refractivity contribution < 1.29 is 33.3 Å². The van der Waals surface area contributed by atoms with E-state index in [0.29, 0.717) is 59.5 Å². The molecule has 0 aromatic heterocycles. The van der Waals surface area contributed by atoms with Crippen molar-refractivity contribution in [3.63, 3.8) is 0 Å². The number of hydrogen-bond acceptors (Lipinski definition) is 6. The van der Waals surface area contributed by atoms with E-state index >= 15 is 0 Å². The first-order valence-electron chi connectivity index (χ1n) is 12.0. The lowest BCUT2D eigenvalue weighted by Gasteiger charge is -2.39. The van der Waals surface area contributed by atoms with Crippen molar-refractivity contribution in [2.45, 2.75) is 47.5 Å². The molecule has 1 fully saturated rings. The lowest BCUT2D eigenvalue weighted by Crippen LogP contribution is -2.51. The second-order valence-corrected chi connectivity index (χ2v) is 7.26. The molecule has 184 valence electrons. The Morgan fingerprint density at radius 2 is 0.967 bits per heavy atom. The molecule has 0 aromatic carbocycles. The Labute approximate surface area is 186 Å². The number of piperidine rings is 1. The van der Waals surface area contributed by atoms with Gasteiger partial charge in [-0.05, 0) is 18.8 Å². The number of rotatable bonds is 17. The molecule has 0 aliphatic carbocycles. The molecule has 0 saturated carbocycles. The molecule has 1 heterocycles. The first kappa shape index (κ1) is 31.9. The van der Waals surface area contributed by atoms with Crippen LogP contribution in [0.3, 0.4) is 0 Å². The number of likely N-dealkylation sites (N-methyl/N-ethyl adjacent to an activating group) is 1. The van der Waals surface area contributed by atoms with Crippen LogP contribution >= 0.6 is 0 Å². The highest BCUT2D eigenvalue weighted by molar-refractivity contribution is 4.59. The third-order valence-electron chi connectivity index (χ3n) is 4.82. The molecule has 1 N–H and O–H groups in total. The fourth-order valence-electron chi connectivity index (χ4n) is 2.88. The summed E-state index contributed by atoms with van der Waals surface area (Å²) in [5, 5.41) is 8.54. The van der Waals surface area contributed by atoms with Crippen LogP contribution in [0.15, 0.2) is 0 Å². The van der Waals surface area contributed by atoms with Crippen LogP contribution in [0, 0.1) is 5.92 Å². The van der Waals surface area contributed by atoms with Gasteiger partial charge in [0.1, 0.15) is 6.54 Å². The second kappa shape index (κ2) is 25.0. The normalized spacial score (nSPS) is 20.7. The summed E-state index contributed by atoms with van der Waals surface area (Å²) in [5.41, 5.74) is 0. The predicted octanol–water partition coefficient (Wildman–Crippen LogP) is 2.99. The van der Waals surface area contributed by atoms with Gasteiger partial charge in [-0.15, -0.1) is 0 Å². The molecule has 1 rings (SSSR count). The number of likely N-dealkylation sites (tertiary alicyclic amines) is 1. The van der Waals surface area contributed by atoms with Crippen LogP contribution < -0.4 is 0 Å². The zero-order chi connectivity index (χ0) is 22.9. The van der Waals surface area contributed by atoms with Gasteiger partial charge in [-0.25, -0.2) is 0 Å². The van der Waals surface area contributed by atoms with Crippen molar-refractivity contribution >= 4 is 0 Å². The predicted molar refractivity (Wildman–Crippen MR) is 123 cm³/mol. The molecule has 30 heavy (non-hydrogen) atoms. The average molecular weight is 439 g/mol. The molecular formula is C23H52NO6+. The number of ether oxygens (including phenoxy) is 5. The maximum atomic E-state index is 8.54. The van der Waals surface area contributed by atoms with Crippen molar-refractivity contribution in [2.24, 2.45) is 5.92 Å². The van der Waals surface area contributed by atoms with Crippen molar-refractivity contribution in [3.05, 3.63) is 0 Å². The third-order valence-corrected chi connectivity index (χ3v) is 4.82. The summed E-state index contributed by atoms with van der Waals surface area (Å²) in [6, 6.07) is 0. The van der Waals surface area contributed by atoms with Gasteiger partial charge >= 0.3 is 0 Å². The van der Waals surface area contributed by atoms with Gasteiger partial charge in [0.15, 0.2) is 0 Å². The van der Waals surface area contributed by atoms with E-state index < -0.39 is 0 Å². The highest BCUT2D eigenvalue weighted by Crippen LogP contribution is 2.20. The van der Waals surface area contributed by atoms with Gasteiger partial charge in [-0.3, -0.25) is 0 Å². The molecule has 0 aromatic rings. The number of quaternary nitrogens is 1. The number of aliphatic hydroxyl groups is 1. The zero-order valence-electron chi connectivity index (χ0n) is 20.8. The van der Waals surface area contributed by atoms with Crippen molar-refractivity contribution in [2.75, 3.05) is 99.4 Å². The minimum atomic E-state index is 0.0477. The smallest absolute Gasteiger partial charge is 0.102 e. The summed E-state index contributed by atoms with van der Waals surface area (Å²) in [4.78, 5) is 0. The maximum absolute atomic E-state index is 8.54. The van der Waals surface area contributed by atoms with Gasteiger partial charge in [0.05, 0.1) is 92.8 Å². The summed E-state index contributed by atoms with van der Waals surface area (Å²) in [5.74, 6) is 0.884. The van der Waals surface area contributed by atoms with Gasteiger partial charge < -0.3 is 33.3 Å². The summed E-state index contributed by atoms with van der Waals surface area (Å²) < 4.78 is 28.2. The highest BCUT2D eigenvalue weighted by Gasteiger charge is 2.27. The monoisotopic (exact) mass is 438 g/mol. The number of hydrogen-bond donors (Lipinski definition) is 1. The van der Waals surface area contributed by atoms with Gasteiger partial charge in [0.25, 0.3) is 0 Å². The Morgan fingerprint density at radius 1 is 0.633 bits per heavy atom. The molecule has 0 radical (unpaired) electrons. The minimum Gasteiger partial charge on any atom is -0.394 e. The van der Waals surface area contributed by atoms with Gasteiger partial charge in [0, 0.05) is 0 Å². The first-order valence-corrected chi connectivity index (χ1v) is 12.0. The highest BCUT2D eigenvalue weighted by atomic mass is 16.6. The van der Waals surface area contributed by atoms with Crippen LogP contribution in [0.2, 0.25) is 0 Å². The van der Waals surface area contributed by atoms with Crippen LogP contribution in [0.5, 0.6) is 0 Å². The van der Waals surface area contributed by atoms with Crippen LogP contribution in [0.1, 0.15) is 47.5 Å². The Hall–Kier alpha value is -0.280. The Morgan fingerprint density at radius 3 is 1.33 bits per heavy atom. The topological polar surface area (TPSA) is 66.4 Å². The van der Waals surface area contributed by atoms with E-state index in [4.69, 9.17) is 28.8 Å². The zero-order valence-corrected chi connectivity index (χ0v) is 20.8. The fraction of sp³-hybridized carbons (Fsp3) is 1.00. The molecule has 1 saturated heterocycles. The molecule has 0 bridgehead atoms. The first-order chi connectivity index (χ1) is 14.7. The van der Waals surface area contributed by atoms with E-state index in [1.54, 1.807) is 0 Å². The maximum Gasteiger partial charge on any atom is 0.102 e. The quantitative estimate of drug-likeness (QED) is 0.278.